The van der Waals surface area contributed by atoms with Crippen LogP contribution in [-0.2, 0) is 0 Å². The van der Waals surface area contributed by atoms with Gasteiger partial charge in [0.25, 0.3) is 0 Å². The van der Waals surface area contributed by atoms with Crippen molar-refractivity contribution in [1.29, 1.82) is 0 Å². The molecule has 0 aliphatic rings. The number of aliphatic hydroxyl groups is 3. The van der Waals surface area contributed by atoms with Crippen LogP contribution in [0.4, 0.5) is 0 Å². The molecule has 0 heterocycles. The van der Waals surface area contributed by atoms with Crippen LogP contribution < -0.4 is 0 Å². The van der Waals surface area contributed by atoms with E-state index in [4.69, 9.17) is 20.5 Å². The lowest BCUT2D eigenvalue weighted by Crippen LogP contribution is -2.16. The normalized spacial score (nSPS) is 10.0. The summed E-state index contributed by atoms with van der Waals surface area (Å²) >= 11 is 0. The molecule has 76 valence electrons. The Hall–Kier alpha value is -0.200. The number of hydroxylamine groups is 2. The maximum absolute atomic E-state index is 8.50. The number of nitrogens with zero attached hydrogens (tertiary/aromatic N) is 1. The van der Waals surface area contributed by atoms with Gasteiger partial charge in [-0.05, 0) is 0 Å². The average Bonchev–Trinajstić information content (AvgIpc) is 2.16. The van der Waals surface area contributed by atoms with Gasteiger partial charge in [-0.15, -0.1) is 0 Å². The molecule has 0 aromatic rings. The zero-order valence-corrected chi connectivity index (χ0v) is 7.64. The van der Waals surface area contributed by atoms with E-state index in [0.29, 0.717) is 0 Å². The smallest absolute Gasteiger partial charge is 0.100 e. The molecule has 0 aliphatic heterocycles. The highest BCUT2D eigenvalue weighted by atomic mass is 16.5. The Morgan fingerprint density at radius 3 is 1.42 bits per heavy atom. The zero-order chi connectivity index (χ0) is 9.98. The molecule has 0 radical (unpaired) electrons. The van der Waals surface area contributed by atoms with Crippen molar-refractivity contribution < 1.29 is 20.5 Å². The van der Waals surface area contributed by atoms with E-state index in [1.807, 2.05) is 13.8 Å². The van der Waals surface area contributed by atoms with Crippen molar-refractivity contribution in [2.24, 2.45) is 0 Å². The molecule has 0 unspecified atom stereocenters. The van der Waals surface area contributed by atoms with Crippen molar-refractivity contribution in [3.63, 3.8) is 0 Å². The molecule has 0 saturated heterocycles. The zero-order valence-electron chi connectivity index (χ0n) is 7.64. The first-order chi connectivity index (χ1) is 5.62. The van der Waals surface area contributed by atoms with Gasteiger partial charge in [0.2, 0.25) is 0 Å². The van der Waals surface area contributed by atoms with E-state index in [2.05, 4.69) is 0 Å². The third-order valence-corrected chi connectivity index (χ3v) is 1.15. The van der Waals surface area contributed by atoms with Crippen molar-refractivity contribution in [3.8, 4) is 0 Å². The van der Waals surface area contributed by atoms with Gasteiger partial charge in [0.15, 0.2) is 0 Å². The largest absolute Gasteiger partial charge is 0.394 e. The molecule has 0 bridgehead atoms. The van der Waals surface area contributed by atoms with E-state index in [-0.39, 0.29) is 13.2 Å². The van der Waals surface area contributed by atoms with Crippen molar-refractivity contribution >= 4 is 0 Å². The van der Waals surface area contributed by atoms with Crippen molar-refractivity contribution in [1.82, 2.24) is 5.06 Å². The van der Waals surface area contributed by atoms with Gasteiger partial charge in [0, 0.05) is 13.1 Å². The van der Waals surface area contributed by atoms with Crippen LogP contribution in [0.2, 0.25) is 0 Å². The Bertz CT molecular complexity index is 63.8. The molecular formula is C7H19NO4. The summed E-state index contributed by atoms with van der Waals surface area (Å²) in [6, 6.07) is 0. The summed E-state index contributed by atoms with van der Waals surface area (Å²) in [7, 11) is 0. The van der Waals surface area contributed by atoms with Crippen LogP contribution in [0.1, 0.15) is 13.8 Å². The molecule has 0 fully saturated rings. The van der Waals surface area contributed by atoms with E-state index in [9.17, 15) is 0 Å². The molecule has 0 aromatic carbocycles. The summed E-state index contributed by atoms with van der Waals surface area (Å²) in [6.45, 7) is 4.52. The SMILES string of the molecule is CCN(O)CC.OCC(O)CO. The van der Waals surface area contributed by atoms with Crippen molar-refractivity contribution in [2.75, 3.05) is 26.3 Å². The summed E-state index contributed by atoms with van der Waals surface area (Å²) < 4.78 is 0. The van der Waals surface area contributed by atoms with Crippen molar-refractivity contribution in [3.05, 3.63) is 0 Å². The topological polar surface area (TPSA) is 84.2 Å². The monoisotopic (exact) mass is 181 g/mol. The Labute approximate surface area is 72.8 Å². The number of hydrogen-bond acceptors (Lipinski definition) is 5. The highest BCUT2D eigenvalue weighted by Crippen LogP contribution is 1.73. The first-order valence-corrected chi connectivity index (χ1v) is 3.95. The van der Waals surface area contributed by atoms with Crippen LogP contribution in [0.5, 0.6) is 0 Å². The Balaban J connectivity index is 0. The Morgan fingerprint density at radius 1 is 1.08 bits per heavy atom. The van der Waals surface area contributed by atoms with Gasteiger partial charge >= 0.3 is 0 Å². The lowest BCUT2D eigenvalue weighted by molar-refractivity contribution is -0.0813. The molecule has 0 aromatic heterocycles. The fourth-order valence-corrected chi connectivity index (χ4v) is 0.281. The van der Waals surface area contributed by atoms with E-state index < -0.39 is 6.10 Å². The molecular weight excluding hydrogens is 162 g/mol. The second-order valence-electron chi connectivity index (χ2n) is 2.16. The molecule has 0 rings (SSSR count). The van der Waals surface area contributed by atoms with Crippen molar-refractivity contribution in [2.45, 2.75) is 20.0 Å². The fraction of sp³-hybridized carbons (Fsp3) is 1.00. The number of rotatable bonds is 4. The van der Waals surface area contributed by atoms with Crippen LogP contribution >= 0.6 is 0 Å². The molecule has 4 N–H and O–H groups in total. The van der Waals surface area contributed by atoms with Gasteiger partial charge < -0.3 is 20.5 Å². The molecule has 5 heteroatoms. The number of aliphatic hydroxyl groups excluding tert-OH is 3. The first-order valence-electron chi connectivity index (χ1n) is 3.95. The van der Waals surface area contributed by atoms with Crippen LogP contribution in [0.25, 0.3) is 0 Å². The first kappa shape index (κ1) is 14.3. The number of hydrogen-bond donors (Lipinski definition) is 4. The Kier molecular flexibility index (Phi) is 12.9. The van der Waals surface area contributed by atoms with E-state index in [1.54, 1.807) is 0 Å². The second kappa shape index (κ2) is 10.8. The summed E-state index contributed by atoms with van der Waals surface area (Å²) in [4.78, 5) is 0. The van der Waals surface area contributed by atoms with Gasteiger partial charge in [-0.25, -0.2) is 0 Å². The van der Waals surface area contributed by atoms with Gasteiger partial charge in [0.05, 0.1) is 13.2 Å². The highest BCUT2D eigenvalue weighted by Gasteiger charge is 1.93. The summed E-state index contributed by atoms with van der Waals surface area (Å²) in [6.07, 6.45) is -0.954. The second-order valence-corrected chi connectivity index (χ2v) is 2.16. The minimum Gasteiger partial charge on any atom is -0.394 e. The van der Waals surface area contributed by atoms with E-state index in [1.165, 1.54) is 5.06 Å². The molecule has 0 aliphatic carbocycles. The quantitative estimate of drug-likeness (QED) is 0.420. The summed E-state index contributed by atoms with van der Waals surface area (Å²) in [5, 5.41) is 33.8. The predicted octanol–water partition coefficient (Wildman–Crippen LogP) is -0.951. The minimum atomic E-state index is -0.954. The maximum atomic E-state index is 8.50. The van der Waals surface area contributed by atoms with Gasteiger partial charge in [-0.1, -0.05) is 13.8 Å². The third kappa shape index (κ3) is 12.5. The van der Waals surface area contributed by atoms with Crippen LogP contribution in [0.15, 0.2) is 0 Å². The molecule has 0 spiro atoms. The molecule has 5 nitrogen and oxygen atoms in total. The third-order valence-electron chi connectivity index (χ3n) is 1.15. The summed E-state index contributed by atoms with van der Waals surface area (Å²) in [5.74, 6) is 0. The minimum absolute atomic E-state index is 0.365. The van der Waals surface area contributed by atoms with E-state index in [0.717, 1.165) is 13.1 Å². The fourth-order valence-electron chi connectivity index (χ4n) is 0.281. The van der Waals surface area contributed by atoms with Crippen LogP contribution in [-0.4, -0.2) is 58.0 Å². The summed E-state index contributed by atoms with van der Waals surface area (Å²) in [5.41, 5.74) is 0. The highest BCUT2D eigenvalue weighted by molar-refractivity contribution is 4.44. The Morgan fingerprint density at radius 2 is 1.42 bits per heavy atom. The van der Waals surface area contributed by atoms with E-state index >= 15 is 0 Å². The maximum Gasteiger partial charge on any atom is 0.100 e. The molecule has 0 atom stereocenters. The van der Waals surface area contributed by atoms with Gasteiger partial charge in [-0.3, -0.25) is 0 Å². The van der Waals surface area contributed by atoms with Crippen LogP contribution in [0, 0.1) is 0 Å². The molecule has 12 heavy (non-hydrogen) atoms. The average molecular weight is 181 g/mol. The molecule has 0 saturated carbocycles. The molecule has 0 amide bonds. The van der Waals surface area contributed by atoms with Crippen LogP contribution in [0.3, 0.4) is 0 Å². The lowest BCUT2D eigenvalue weighted by Gasteiger charge is -2.05. The lowest BCUT2D eigenvalue weighted by atomic mass is 10.4. The van der Waals surface area contributed by atoms with Gasteiger partial charge in [0.1, 0.15) is 6.10 Å². The van der Waals surface area contributed by atoms with Gasteiger partial charge in [-0.2, -0.15) is 5.06 Å². The predicted molar refractivity (Wildman–Crippen MR) is 44.9 cm³/mol. The standard InChI is InChI=1S/C4H11NO.C3H8O3/c1-3-5(6)4-2;4-1-3(6)2-5/h6H,3-4H2,1-2H3;3-6H,1-2H2.